The summed E-state index contributed by atoms with van der Waals surface area (Å²) in [6.07, 6.45) is 1.36. The zero-order chi connectivity index (χ0) is 3.41. The first-order valence-corrected chi connectivity index (χ1v) is 1.44. The Hall–Kier alpha value is -0.110. The molecule has 0 atom stereocenters. The predicted molar refractivity (Wildman–Crippen MR) is 22.3 cm³/mol. The van der Waals surface area contributed by atoms with Crippen LogP contribution in [0.1, 0.15) is 0 Å². The summed E-state index contributed by atoms with van der Waals surface area (Å²) in [5.41, 5.74) is 4.77. The lowest BCUT2D eigenvalue weighted by molar-refractivity contribution is 1.63. The van der Waals surface area contributed by atoms with Crippen molar-refractivity contribution in [3.63, 3.8) is 0 Å². The molecule has 0 heterocycles. The Morgan fingerprint density at radius 3 is 2.00 bits per heavy atom. The molecule has 4 heavy (non-hydrogen) atoms. The van der Waals surface area contributed by atoms with E-state index in [9.17, 15) is 0 Å². The van der Waals surface area contributed by atoms with Crippen LogP contribution in [0.15, 0.2) is 11.6 Å². The topological polar surface area (TPSA) is 26.0 Å². The lowest BCUT2D eigenvalue weighted by Crippen LogP contribution is -1.69. The highest BCUT2D eigenvalue weighted by Crippen LogP contribution is 1.63. The Labute approximate surface area is 30.9 Å². The van der Waals surface area contributed by atoms with Crippen molar-refractivity contribution in [2.75, 3.05) is 0 Å². The number of thiol groups is 1. The van der Waals surface area contributed by atoms with Crippen molar-refractivity contribution in [2.24, 2.45) is 5.73 Å². The molecule has 0 radical (unpaired) electrons. The first kappa shape index (κ1) is 3.89. The van der Waals surface area contributed by atoms with Gasteiger partial charge in [-0.15, -0.1) is 12.6 Å². The van der Waals surface area contributed by atoms with Gasteiger partial charge in [-0.1, -0.05) is 0 Å². The second kappa shape index (κ2) is 2.89. The lowest BCUT2D eigenvalue weighted by atomic mass is 11.1. The fourth-order valence-corrected chi connectivity index (χ4v) is 0. The molecule has 0 unspecified atom stereocenters. The Kier molecular flexibility index (Phi) is 2.81. The van der Waals surface area contributed by atoms with Gasteiger partial charge in [-0.05, 0) is 11.6 Å². The zero-order valence-electron chi connectivity index (χ0n) is 2.18. The minimum atomic E-state index is 1.36. The number of nitrogens with two attached hydrogens (primary N) is 1. The maximum Gasteiger partial charge on any atom is -0.0000775 e. The number of rotatable bonds is 0. The Morgan fingerprint density at radius 2 is 2.00 bits per heavy atom. The van der Waals surface area contributed by atoms with Crippen LogP contribution < -0.4 is 5.73 Å². The molecule has 0 aliphatic heterocycles. The van der Waals surface area contributed by atoms with Crippen LogP contribution in [0.25, 0.3) is 0 Å². The monoisotopic (exact) mass is 75.0 g/mol. The fourth-order valence-electron chi connectivity index (χ4n) is 0. The summed E-state index contributed by atoms with van der Waals surface area (Å²) >= 11 is 3.61. The molecular weight excluding hydrogens is 70.1 g/mol. The molecular formula is C2H5NS. The molecule has 0 saturated carbocycles. The maximum absolute atomic E-state index is 4.77. The van der Waals surface area contributed by atoms with Crippen molar-refractivity contribution >= 4 is 12.6 Å². The van der Waals surface area contributed by atoms with Gasteiger partial charge >= 0.3 is 0 Å². The van der Waals surface area contributed by atoms with Crippen LogP contribution in [0, 0.1) is 0 Å². The minimum absolute atomic E-state index is 1.36. The molecule has 0 amide bonds. The van der Waals surface area contributed by atoms with Gasteiger partial charge in [-0.3, -0.25) is 0 Å². The van der Waals surface area contributed by atoms with Gasteiger partial charge in [0.2, 0.25) is 0 Å². The second-order valence-corrected chi connectivity index (χ2v) is 0.640. The van der Waals surface area contributed by atoms with Crippen LogP contribution in [0.2, 0.25) is 0 Å². The standard InChI is InChI=1S/C2H5NS/c3-1-2-4/h1-2,4H,3H2/b2-1-. The first-order chi connectivity index (χ1) is 1.91. The van der Waals surface area contributed by atoms with E-state index in [4.69, 9.17) is 5.73 Å². The summed E-state index contributed by atoms with van der Waals surface area (Å²) in [6, 6.07) is 0. The molecule has 0 fully saturated rings. The van der Waals surface area contributed by atoms with Crippen LogP contribution in [0.4, 0.5) is 0 Å². The van der Waals surface area contributed by atoms with E-state index in [0.29, 0.717) is 0 Å². The zero-order valence-corrected chi connectivity index (χ0v) is 3.07. The maximum atomic E-state index is 4.77. The number of hydrogen-bond donors (Lipinski definition) is 2. The summed E-state index contributed by atoms with van der Waals surface area (Å²) in [7, 11) is 0. The van der Waals surface area contributed by atoms with Crippen molar-refractivity contribution in [2.45, 2.75) is 0 Å². The summed E-state index contributed by atoms with van der Waals surface area (Å²) < 4.78 is 0. The Balaban J connectivity index is 2.55. The van der Waals surface area contributed by atoms with Gasteiger partial charge in [-0.2, -0.15) is 0 Å². The van der Waals surface area contributed by atoms with E-state index < -0.39 is 0 Å². The van der Waals surface area contributed by atoms with E-state index in [1.165, 1.54) is 11.6 Å². The average molecular weight is 75.1 g/mol. The molecule has 0 aromatic rings. The molecule has 0 aliphatic carbocycles. The minimum Gasteiger partial charge on any atom is -0.404 e. The van der Waals surface area contributed by atoms with Crippen molar-refractivity contribution in [1.29, 1.82) is 0 Å². The molecule has 0 bridgehead atoms. The van der Waals surface area contributed by atoms with E-state index in [1.807, 2.05) is 0 Å². The summed E-state index contributed by atoms with van der Waals surface area (Å²) in [5.74, 6) is 0. The van der Waals surface area contributed by atoms with Crippen LogP contribution in [0.3, 0.4) is 0 Å². The lowest BCUT2D eigenvalue weighted by Gasteiger charge is -1.53. The first-order valence-electron chi connectivity index (χ1n) is 0.925. The summed E-state index contributed by atoms with van der Waals surface area (Å²) in [6.45, 7) is 0. The van der Waals surface area contributed by atoms with E-state index in [-0.39, 0.29) is 0 Å². The molecule has 0 aromatic carbocycles. The number of hydrogen-bond acceptors (Lipinski definition) is 2. The molecule has 2 N–H and O–H groups in total. The van der Waals surface area contributed by atoms with Crippen LogP contribution in [0.5, 0.6) is 0 Å². The van der Waals surface area contributed by atoms with Gasteiger partial charge in [0.05, 0.1) is 0 Å². The third kappa shape index (κ3) is 1.89. The van der Waals surface area contributed by atoms with Crippen LogP contribution in [-0.4, -0.2) is 0 Å². The fraction of sp³-hybridized carbons (Fsp3) is 0. The van der Waals surface area contributed by atoms with E-state index in [0.717, 1.165) is 0 Å². The van der Waals surface area contributed by atoms with Gasteiger partial charge in [-0.25, -0.2) is 0 Å². The molecule has 1 nitrogen and oxygen atoms in total. The van der Waals surface area contributed by atoms with E-state index >= 15 is 0 Å². The quantitative estimate of drug-likeness (QED) is 0.399. The SMILES string of the molecule is N/C=C\S. The van der Waals surface area contributed by atoms with Crippen LogP contribution in [-0.2, 0) is 0 Å². The molecule has 0 rings (SSSR count). The highest BCUT2D eigenvalue weighted by molar-refractivity contribution is 7.83. The third-order valence-corrected chi connectivity index (χ3v) is 0.258. The molecule has 0 aliphatic rings. The Bertz CT molecular complexity index is 21.2. The van der Waals surface area contributed by atoms with E-state index in [1.54, 1.807) is 0 Å². The predicted octanol–water partition coefficient (Wildman–Crippen LogP) is 0.346. The highest BCUT2D eigenvalue weighted by atomic mass is 32.1. The van der Waals surface area contributed by atoms with E-state index in [2.05, 4.69) is 12.6 Å². The van der Waals surface area contributed by atoms with Crippen molar-refractivity contribution < 1.29 is 0 Å². The van der Waals surface area contributed by atoms with Gasteiger partial charge in [0.1, 0.15) is 0 Å². The van der Waals surface area contributed by atoms with Gasteiger partial charge in [0.25, 0.3) is 0 Å². The van der Waals surface area contributed by atoms with Crippen molar-refractivity contribution in [1.82, 2.24) is 0 Å². The molecule has 0 saturated heterocycles. The molecule has 0 spiro atoms. The second-order valence-electron chi connectivity index (χ2n) is 0.342. The molecule has 24 valence electrons. The van der Waals surface area contributed by atoms with Crippen LogP contribution >= 0.6 is 12.6 Å². The largest absolute Gasteiger partial charge is 0.404 e. The van der Waals surface area contributed by atoms with Gasteiger partial charge in [0, 0.05) is 0 Å². The smallest absolute Gasteiger partial charge is 0.0000775 e. The van der Waals surface area contributed by atoms with Gasteiger partial charge < -0.3 is 5.73 Å². The van der Waals surface area contributed by atoms with Gasteiger partial charge in [0.15, 0.2) is 0 Å². The Morgan fingerprint density at radius 1 is 1.75 bits per heavy atom. The summed E-state index contributed by atoms with van der Waals surface area (Å²) in [5, 5.41) is 1.47. The molecule has 0 aromatic heterocycles. The normalized spacial score (nSPS) is 9.25. The summed E-state index contributed by atoms with van der Waals surface area (Å²) in [4.78, 5) is 0. The highest BCUT2D eigenvalue weighted by Gasteiger charge is 1.33. The van der Waals surface area contributed by atoms with Crippen molar-refractivity contribution in [3.8, 4) is 0 Å². The molecule has 2 heteroatoms. The van der Waals surface area contributed by atoms with Crippen molar-refractivity contribution in [3.05, 3.63) is 11.6 Å². The third-order valence-electron chi connectivity index (χ3n) is 0.0861. The average Bonchev–Trinajstić information content (AvgIpc) is 1.37.